The van der Waals surface area contributed by atoms with Gasteiger partial charge in [-0.25, -0.2) is 4.79 Å². The van der Waals surface area contributed by atoms with Gasteiger partial charge in [-0.05, 0) is 44.7 Å². The summed E-state index contributed by atoms with van der Waals surface area (Å²) >= 11 is 0. The maximum atomic E-state index is 13.9. The average molecular weight is 805 g/mol. The summed E-state index contributed by atoms with van der Waals surface area (Å²) < 4.78 is 59.2. The zero-order valence-corrected chi connectivity index (χ0v) is 32.5. The lowest BCUT2D eigenvalue weighted by atomic mass is 9.72. The summed E-state index contributed by atoms with van der Waals surface area (Å²) in [6.45, 7) is 7.86. The Balaban J connectivity index is 1.03. The van der Waals surface area contributed by atoms with Crippen LogP contribution in [0, 0.1) is 17.8 Å². The van der Waals surface area contributed by atoms with Crippen LogP contribution in [0.5, 0.6) is 0 Å². The molecule has 17 heteroatoms. The minimum absolute atomic E-state index is 0.106. The van der Waals surface area contributed by atoms with E-state index in [1.165, 1.54) is 19.9 Å². The molecule has 0 aromatic heterocycles. The number of rotatable bonds is 9. The quantitative estimate of drug-likeness (QED) is 0.139. The summed E-state index contributed by atoms with van der Waals surface area (Å²) in [6, 6.07) is 9.42. The Labute approximate surface area is 329 Å². The Bertz CT molecular complexity index is 1670. The third-order valence-electron chi connectivity index (χ3n) is 12.0. The van der Waals surface area contributed by atoms with E-state index in [0.29, 0.717) is 19.4 Å². The largest absolute Gasteiger partial charge is 0.459 e. The van der Waals surface area contributed by atoms with Crippen molar-refractivity contribution >= 4 is 30.0 Å². The van der Waals surface area contributed by atoms with Crippen LogP contribution in [0.15, 0.2) is 36.4 Å². The second-order valence-electron chi connectivity index (χ2n) is 16.0. The van der Waals surface area contributed by atoms with Crippen LogP contribution in [0.3, 0.4) is 0 Å². The van der Waals surface area contributed by atoms with Gasteiger partial charge in [-0.1, -0.05) is 37.3 Å². The zero-order valence-electron chi connectivity index (χ0n) is 32.5. The molecule has 57 heavy (non-hydrogen) atoms. The molecule has 0 bridgehead atoms. The highest BCUT2D eigenvalue weighted by Gasteiger charge is 2.76. The van der Waals surface area contributed by atoms with E-state index in [2.05, 4.69) is 0 Å². The second kappa shape index (κ2) is 16.6. The molecule has 17 atom stereocenters. The van der Waals surface area contributed by atoms with Gasteiger partial charge in [0.05, 0.1) is 37.4 Å². The minimum atomic E-state index is -1.73. The lowest BCUT2D eigenvalue weighted by molar-refractivity contribution is -0.358. The molecule has 2 spiro atoms. The maximum Gasteiger partial charge on any atom is 0.331 e. The molecule has 3 N–H and O–H groups in total. The molecule has 6 fully saturated rings. The molecule has 1 aromatic rings. The number of hydrogen-bond donors (Lipinski definition) is 3. The minimum Gasteiger partial charge on any atom is -0.459 e. The van der Waals surface area contributed by atoms with Gasteiger partial charge in [0, 0.05) is 38.2 Å². The molecule has 17 unspecified atom stereocenters. The van der Waals surface area contributed by atoms with E-state index >= 15 is 0 Å². The fourth-order valence-electron chi connectivity index (χ4n) is 8.89. The smallest absolute Gasteiger partial charge is 0.331 e. The predicted octanol–water partition coefficient (Wildman–Crippen LogP) is 1.31. The van der Waals surface area contributed by atoms with Crippen LogP contribution in [-0.4, -0.2) is 137 Å². The van der Waals surface area contributed by atoms with Crippen LogP contribution >= 0.6 is 0 Å². The number of fused-ring (bicyclic) bond motifs is 3. The van der Waals surface area contributed by atoms with Crippen molar-refractivity contribution in [1.29, 1.82) is 0 Å². The normalized spacial score (nSPS) is 44.0. The van der Waals surface area contributed by atoms with E-state index in [-0.39, 0.29) is 31.3 Å². The zero-order chi connectivity index (χ0) is 40.8. The maximum absolute atomic E-state index is 13.9. The van der Waals surface area contributed by atoms with Crippen LogP contribution in [0.4, 0.5) is 0 Å². The van der Waals surface area contributed by atoms with Crippen LogP contribution in [0.2, 0.25) is 0 Å². The molecule has 1 aromatic carbocycles. The standard InChI is InChI=1S/C40H52O17/c1-19-17-48-40(16-28(19)54-29(43)14-11-24-9-7-6-8-10-24)39(18-49-39)26-13-12-25(15-27(26)57-40)36(47)56-38-35(31(45)33(21(3)51-38)52-22(4)41)55-37-32(46)34(53-23(5)42)30(44)20(2)50-37/h6-11,14,19-21,25-28,30-35,37-38,44-46H,12-13,15-18H2,1-5H3/b14-11+. The van der Waals surface area contributed by atoms with Gasteiger partial charge < -0.3 is 62.7 Å². The Morgan fingerprint density at radius 3 is 2.16 bits per heavy atom. The topological polar surface area (TPSA) is 225 Å². The van der Waals surface area contributed by atoms with E-state index < -0.39 is 115 Å². The number of ether oxygens (including phenoxy) is 10. The highest BCUT2D eigenvalue weighted by molar-refractivity contribution is 5.87. The van der Waals surface area contributed by atoms with Crippen molar-refractivity contribution in [3.63, 3.8) is 0 Å². The number of carbonyl (C=O) groups excluding carboxylic acids is 4. The first kappa shape index (κ1) is 41.6. The van der Waals surface area contributed by atoms with Crippen molar-refractivity contribution in [3.8, 4) is 0 Å². The molecule has 5 saturated heterocycles. The van der Waals surface area contributed by atoms with Gasteiger partial charge in [0.25, 0.3) is 0 Å². The summed E-state index contributed by atoms with van der Waals surface area (Å²) in [5, 5.41) is 33.1. The van der Waals surface area contributed by atoms with Crippen molar-refractivity contribution in [1.82, 2.24) is 0 Å². The van der Waals surface area contributed by atoms with Gasteiger partial charge in [0.2, 0.25) is 12.1 Å². The Kier molecular flexibility index (Phi) is 12.1. The SMILES string of the molecule is CC(=O)OC1C(C)OC(OC(=O)C2CCC3C(C2)OC2(CC(OC(=O)/C=C/c4ccccc4)C(C)CO2)C32CO2)C(OC2OC(C)C(O)C(OC(C)=O)C2O)C1O. The lowest BCUT2D eigenvalue weighted by Gasteiger charge is -2.46. The van der Waals surface area contributed by atoms with Gasteiger partial charge in [-0.2, -0.15) is 0 Å². The molecule has 7 rings (SSSR count). The first-order chi connectivity index (χ1) is 27.1. The second-order valence-corrected chi connectivity index (χ2v) is 16.0. The summed E-state index contributed by atoms with van der Waals surface area (Å²) in [7, 11) is 0. The average Bonchev–Trinajstić information content (AvgIpc) is 3.94. The van der Waals surface area contributed by atoms with E-state index in [9.17, 15) is 34.5 Å². The number of epoxide rings is 1. The monoisotopic (exact) mass is 804 g/mol. The molecular weight excluding hydrogens is 752 g/mol. The molecule has 0 radical (unpaired) electrons. The Morgan fingerprint density at radius 1 is 0.789 bits per heavy atom. The van der Waals surface area contributed by atoms with E-state index in [1.807, 2.05) is 37.3 Å². The number of esters is 4. The van der Waals surface area contributed by atoms with Gasteiger partial charge in [0.15, 0.2) is 30.2 Å². The predicted molar refractivity (Wildman–Crippen MR) is 191 cm³/mol. The van der Waals surface area contributed by atoms with Gasteiger partial charge in [-0.15, -0.1) is 0 Å². The van der Waals surface area contributed by atoms with Gasteiger partial charge in [0.1, 0.15) is 24.4 Å². The van der Waals surface area contributed by atoms with Crippen molar-refractivity contribution in [2.24, 2.45) is 17.8 Å². The van der Waals surface area contributed by atoms with Crippen molar-refractivity contribution in [3.05, 3.63) is 42.0 Å². The van der Waals surface area contributed by atoms with Gasteiger partial charge in [-0.3, -0.25) is 14.4 Å². The lowest BCUT2D eigenvalue weighted by Crippen LogP contribution is -2.64. The molecule has 314 valence electrons. The molecule has 5 aliphatic heterocycles. The molecule has 1 aliphatic carbocycles. The molecule has 17 nitrogen and oxygen atoms in total. The highest BCUT2D eigenvalue weighted by Crippen LogP contribution is 2.62. The fraction of sp³-hybridized carbons (Fsp3) is 0.700. The summed E-state index contributed by atoms with van der Waals surface area (Å²) in [6.07, 6.45) is -10.6. The van der Waals surface area contributed by atoms with E-state index in [0.717, 1.165) is 19.4 Å². The van der Waals surface area contributed by atoms with Crippen LogP contribution in [-0.2, 0) is 66.5 Å². The number of hydrogen-bond acceptors (Lipinski definition) is 17. The molecular formula is C40H52O17. The number of benzene rings is 1. The Morgan fingerprint density at radius 2 is 1.47 bits per heavy atom. The van der Waals surface area contributed by atoms with Crippen LogP contribution in [0.1, 0.15) is 65.9 Å². The Hall–Kier alpha value is -3.52. The van der Waals surface area contributed by atoms with Crippen molar-refractivity contribution in [2.45, 2.75) is 145 Å². The third-order valence-corrected chi connectivity index (χ3v) is 12.0. The molecule has 1 saturated carbocycles. The van der Waals surface area contributed by atoms with Crippen molar-refractivity contribution in [2.75, 3.05) is 13.2 Å². The van der Waals surface area contributed by atoms with Crippen LogP contribution in [0.25, 0.3) is 6.08 Å². The number of carbonyl (C=O) groups is 4. The first-order valence-electron chi connectivity index (χ1n) is 19.6. The summed E-state index contributed by atoms with van der Waals surface area (Å²) in [5.41, 5.74) is 0.105. The molecule has 0 amide bonds. The summed E-state index contributed by atoms with van der Waals surface area (Å²) in [4.78, 5) is 50.5. The number of aliphatic hydroxyl groups is 3. The van der Waals surface area contributed by atoms with E-state index in [1.54, 1.807) is 6.08 Å². The molecule has 5 heterocycles. The third kappa shape index (κ3) is 8.36. The van der Waals surface area contributed by atoms with Gasteiger partial charge >= 0.3 is 23.9 Å². The summed E-state index contributed by atoms with van der Waals surface area (Å²) in [5.74, 6) is -4.72. The highest BCUT2D eigenvalue weighted by atomic mass is 16.8. The first-order valence-corrected chi connectivity index (χ1v) is 19.6. The van der Waals surface area contributed by atoms with Crippen LogP contribution < -0.4 is 0 Å². The number of aliphatic hydroxyl groups excluding tert-OH is 3. The molecule has 6 aliphatic rings. The fourth-order valence-corrected chi connectivity index (χ4v) is 8.89. The van der Waals surface area contributed by atoms with E-state index in [4.69, 9.17) is 47.4 Å². The van der Waals surface area contributed by atoms with Crippen molar-refractivity contribution < 1.29 is 81.9 Å².